The van der Waals surface area contributed by atoms with Crippen molar-refractivity contribution in [1.29, 1.82) is 0 Å². The van der Waals surface area contributed by atoms with Crippen LogP contribution in [0.5, 0.6) is 17.2 Å². The zero-order valence-corrected chi connectivity index (χ0v) is 32.2. The zero-order valence-electron chi connectivity index (χ0n) is 32.2. The summed E-state index contributed by atoms with van der Waals surface area (Å²) in [6.45, 7) is 5.05. The molecule has 0 aromatic heterocycles. The van der Waals surface area contributed by atoms with Crippen LogP contribution in [0.2, 0.25) is 0 Å². The predicted molar refractivity (Wildman–Crippen MR) is 195 cm³/mol. The summed E-state index contributed by atoms with van der Waals surface area (Å²) in [7, 11) is 0. The van der Waals surface area contributed by atoms with Crippen LogP contribution < -0.4 is 4.74 Å². The fourth-order valence-electron chi connectivity index (χ4n) is 9.46. The number of carbonyl (C=O) groups is 5. The molecule has 8 unspecified atom stereocenters. The quantitative estimate of drug-likeness (QED) is 0.0445. The highest BCUT2D eigenvalue weighted by molar-refractivity contribution is 6.01. The van der Waals surface area contributed by atoms with E-state index in [9.17, 15) is 59.5 Å². The van der Waals surface area contributed by atoms with Crippen LogP contribution in [0.25, 0.3) is 0 Å². The van der Waals surface area contributed by atoms with Crippen LogP contribution in [-0.2, 0) is 33.5 Å². The Balaban J connectivity index is 0.000000657. The van der Waals surface area contributed by atoms with Crippen LogP contribution in [0.4, 0.5) is 4.79 Å². The number of aliphatic hydroxyl groups is 1. The summed E-state index contributed by atoms with van der Waals surface area (Å²) in [5.41, 5.74) is -0.189. The van der Waals surface area contributed by atoms with E-state index in [1.54, 1.807) is 12.2 Å². The number of ether oxygens (including phenoxy) is 3. The van der Waals surface area contributed by atoms with E-state index in [0.29, 0.717) is 6.42 Å². The van der Waals surface area contributed by atoms with Crippen LogP contribution in [0.1, 0.15) is 82.5 Å². The van der Waals surface area contributed by atoms with Crippen LogP contribution in [-0.4, -0.2) is 92.8 Å². The van der Waals surface area contributed by atoms with Crippen LogP contribution in [0.15, 0.2) is 35.9 Å². The van der Waals surface area contributed by atoms with Gasteiger partial charge in [-0.25, -0.2) is 9.59 Å². The van der Waals surface area contributed by atoms with Crippen molar-refractivity contribution in [2.24, 2.45) is 40.4 Å². The van der Waals surface area contributed by atoms with E-state index in [1.165, 1.54) is 0 Å². The first-order valence-corrected chi connectivity index (χ1v) is 18.8. The highest BCUT2D eigenvalue weighted by Crippen LogP contribution is 2.67. The number of phenolic OH excluding ortho intramolecular Hbond substituents is 2. The largest absolute Gasteiger partial charge is 0.514 e. The van der Waals surface area contributed by atoms with Crippen molar-refractivity contribution in [3.63, 3.8) is 0 Å². The number of hydrogen-bond donors (Lipinski definition) is 4. The summed E-state index contributed by atoms with van der Waals surface area (Å²) in [6.07, 6.45) is 6.44. The number of ketones is 2. The highest BCUT2D eigenvalue weighted by Gasteiger charge is 2.64. The molecule has 0 spiro atoms. The molecule has 58 heavy (non-hydrogen) atoms. The normalized spacial score (nSPS) is 27.9. The number of esters is 1. The molecule has 0 aliphatic heterocycles. The number of aliphatic hydroxyl groups excluding tert-OH is 1. The second-order valence-corrected chi connectivity index (χ2v) is 15.4. The number of unbranched alkanes of at least 4 members (excludes halogenated alkanes) is 1. The molecule has 1 aromatic rings. The Morgan fingerprint density at radius 2 is 1.62 bits per heavy atom. The first kappa shape index (κ1) is 44.9. The molecule has 4 aliphatic carbocycles. The van der Waals surface area contributed by atoms with E-state index in [4.69, 9.17) is 19.3 Å². The van der Waals surface area contributed by atoms with Gasteiger partial charge in [-0.2, -0.15) is 0 Å². The average molecular weight is 821 g/mol. The van der Waals surface area contributed by atoms with Crippen molar-refractivity contribution in [2.45, 2.75) is 78.2 Å². The summed E-state index contributed by atoms with van der Waals surface area (Å²) in [6, 6.07) is 1.87. The Hall–Kier alpha value is -5.79. The van der Waals surface area contributed by atoms with Gasteiger partial charge < -0.3 is 44.3 Å². The monoisotopic (exact) mass is 820 g/mol. The SMILES string of the molecule is CC1CC2C3CCC4=CC(=O)C=CC4(C)C3C(O)CC2(C)C1C(=O)COC(=O)Oc1cc(C(=O)OCCCCO[N+](=O)[O-])cc(O)c1O.O=C(O)CCCO[N+](=O)[O-]. The maximum Gasteiger partial charge on any atom is 0.514 e. The zero-order chi connectivity index (χ0) is 42.9. The van der Waals surface area contributed by atoms with E-state index in [-0.39, 0.29) is 86.3 Å². The minimum absolute atomic E-state index is 0.0377. The number of Topliss-reactive ketones (excluding diaryl/α,β-unsaturated/α-hetero) is 1. The van der Waals surface area contributed by atoms with E-state index in [2.05, 4.69) is 16.6 Å². The van der Waals surface area contributed by atoms with E-state index in [1.807, 2.05) is 19.9 Å². The molecule has 3 fully saturated rings. The molecule has 1 aromatic carbocycles. The molecule has 0 radical (unpaired) electrons. The lowest BCUT2D eigenvalue weighted by atomic mass is 9.46. The number of aromatic hydroxyl groups is 2. The number of carboxylic acid groups (broad SMARTS) is 1. The molecule has 4 aliphatic rings. The number of aliphatic carboxylic acids is 1. The smallest absolute Gasteiger partial charge is 0.504 e. The van der Waals surface area contributed by atoms with Crippen molar-refractivity contribution in [3.8, 4) is 17.2 Å². The Kier molecular flexibility index (Phi) is 14.8. The maximum atomic E-state index is 13.7. The molecule has 0 amide bonds. The van der Waals surface area contributed by atoms with Crippen molar-refractivity contribution in [3.05, 3.63) is 61.7 Å². The van der Waals surface area contributed by atoms with Gasteiger partial charge >= 0.3 is 18.1 Å². The Morgan fingerprint density at radius 3 is 2.28 bits per heavy atom. The summed E-state index contributed by atoms with van der Waals surface area (Å²) in [4.78, 5) is 88.3. The van der Waals surface area contributed by atoms with Gasteiger partial charge in [-0.15, -0.1) is 20.2 Å². The van der Waals surface area contributed by atoms with Crippen molar-refractivity contribution in [2.75, 3.05) is 26.4 Å². The van der Waals surface area contributed by atoms with Crippen LogP contribution >= 0.6 is 0 Å². The molecule has 0 saturated heterocycles. The summed E-state index contributed by atoms with van der Waals surface area (Å²) in [5, 5.41) is 57.8. The predicted octanol–water partition coefficient (Wildman–Crippen LogP) is 4.53. The lowest BCUT2D eigenvalue weighted by Crippen LogP contribution is -2.56. The molecule has 4 N–H and O–H groups in total. The van der Waals surface area contributed by atoms with Gasteiger partial charge in [-0.05, 0) is 92.4 Å². The lowest BCUT2D eigenvalue weighted by Gasteiger charge is -2.58. The van der Waals surface area contributed by atoms with Gasteiger partial charge in [0, 0.05) is 23.7 Å². The number of hydrogen-bond acceptors (Lipinski definition) is 17. The van der Waals surface area contributed by atoms with Gasteiger partial charge in [0.1, 0.15) is 0 Å². The molecule has 5 rings (SSSR count). The average Bonchev–Trinajstić information content (AvgIpc) is 3.41. The van der Waals surface area contributed by atoms with Crippen LogP contribution in [0.3, 0.4) is 0 Å². The molecule has 0 heterocycles. The first-order valence-electron chi connectivity index (χ1n) is 18.8. The number of allylic oxidation sites excluding steroid dienone is 4. The Labute approximate surface area is 331 Å². The second-order valence-electron chi connectivity index (χ2n) is 15.4. The molecule has 3 saturated carbocycles. The summed E-state index contributed by atoms with van der Waals surface area (Å²) in [5.74, 6) is -4.82. The Morgan fingerprint density at radius 1 is 0.966 bits per heavy atom. The third kappa shape index (κ3) is 10.6. The van der Waals surface area contributed by atoms with Crippen molar-refractivity contribution >= 4 is 29.7 Å². The van der Waals surface area contributed by atoms with Gasteiger partial charge in [0.05, 0.1) is 31.5 Å². The van der Waals surface area contributed by atoms with E-state index >= 15 is 0 Å². The summed E-state index contributed by atoms with van der Waals surface area (Å²) < 4.78 is 15.2. The number of nitrogens with zero attached hydrogens (tertiary/aromatic N) is 2. The summed E-state index contributed by atoms with van der Waals surface area (Å²) >= 11 is 0. The third-order valence-corrected chi connectivity index (χ3v) is 11.7. The van der Waals surface area contributed by atoms with Gasteiger partial charge in [0.15, 0.2) is 29.7 Å². The van der Waals surface area contributed by atoms with Gasteiger partial charge in [0.25, 0.3) is 10.2 Å². The van der Waals surface area contributed by atoms with Crippen LogP contribution in [0, 0.1) is 60.6 Å². The molecule has 20 nitrogen and oxygen atoms in total. The molecule has 20 heteroatoms. The maximum absolute atomic E-state index is 13.7. The topological polar surface area (TPSA) is 299 Å². The van der Waals surface area contributed by atoms with Gasteiger partial charge in [0.2, 0.25) is 5.75 Å². The van der Waals surface area contributed by atoms with Gasteiger partial charge in [-0.1, -0.05) is 32.4 Å². The molecular formula is C38H48N2O18. The lowest BCUT2D eigenvalue weighted by molar-refractivity contribution is -0.757. The molecule has 318 valence electrons. The van der Waals surface area contributed by atoms with Crippen molar-refractivity contribution in [1.82, 2.24) is 0 Å². The number of carbonyl (C=O) groups excluding carboxylic acids is 4. The van der Waals surface area contributed by atoms with E-state index < -0.39 is 75.0 Å². The number of rotatable bonds is 16. The van der Waals surface area contributed by atoms with Gasteiger partial charge in [-0.3, -0.25) is 14.4 Å². The van der Waals surface area contributed by atoms with Crippen molar-refractivity contribution < 1.29 is 78.5 Å². The minimum atomic E-state index is -1.34. The molecular weight excluding hydrogens is 772 g/mol. The minimum Gasteiger partial charge on any atom is -0.504 e. The second kappa shape index (κ2) is 19.1. The number of fused-ring (bicyclic) bond motifs is 5. The number of carboxylic acids is 1. The first-order chi connectivity index (χ1) is 27.3. The highest BCUT2D eigenvalue weighted by atomic mass is 17.0. The fraction of sp³-hybridized carbons (Fsp3) is 0.605. The third-order valence-electron chi connectivity index (χ3n) is 11.7. The standard InChI is InChI=1S/C34H41NO13.C4H7NO5/c1-18-12-23-22-7-6-20-15-21(36)8-9-33(20,2)29(22)25(38)16-34(23,3)28(18)26(39)17-46-32(42)48-27-14-19(13-24(37)30(27)40)31(41)45-10-4-5-11-47-35(43)44;6-4(7)2-1-3-10-5(8)9/h8-9,13-15,18,22-23,25,28-29,37-38,40H,4-7,10-12,16-17H2,1-3H3;1-3H2,(H,6,7). The molecule has 8 atom stereocenters. The Bertz CT molecular complexity index is 1810. The fourth-order valence-corrected chi connectivity index (χ4v) is 9.46. The number of benzene rings is 1. The van der Waals surface area contributed by atoms with E-state index in [0.717, 1.165) is 37.0 Å². The number of phenols is 2. The molecule has 0 bridgehead atoms.